The number of amides is 1. The van der Waals surface area contributed by atoms with Gasteiger partial charge >= 0.3 is 0 Å². The molecule has 27 heavy (non-hydrogen) atoms. The van der Waals surface area contributed by atoms with Crippen molar-refractivity contribution in [2.24, 2.45) is 5.10 Å². The van der Waals surface area contributed by atoms with Crippen molar-refractivity contribution < 1.29 is 9.21 Å². The van der Waals surface area contributed by atoms with E-state index >= 15 is 0 Å². The van der Waals surface area contributed by atoms with E-state index in [0.29, 0.717) is 32.9 Å². The Balaban J connectivity index is 1.64. The SMILES string of the molecule is CC1=NN(c2ccccc2)C(=O)/C1=C\c1ccc(-c2cc(Cl)cc(Cl)c2)o1. The van der Waals surface area contributed by atoms with Crippen molar-refractivity contribution in [3.63, 3.8) is 0 Å². The number of halogens is 2. The monoisotopic (exact) mass is 396 g/mol. The van der Waals surface area contributed by atoms with Crippen molar-refractivity contribution in [2.75, 3.05) is 5.01 Å². The summed E-state index contributed by atoms with van der Waals surface area (Å²) in [5.74, 6) is 0.975. The molecule has 4 nitrogen and oxygen atoms in total. The van der Waals surface area contributed by atoms with Crippen LogP contribution in [0.25, 0.3) is 17.4 Å². The highest BCUT2D eigenvalue weighted by Crippen LogP contribution is 2.30. The minimum atomic E-state index is -0.192. The van der Waals surface area contributed by atoms with Crippen molar-refractivity contribution in [1.29, 1.82) is 0 Å². The van der Waals surface area contributed by atoms with Crippen molar-refractivity contribution in [2.45, 2.75) is 6.92 Å². The van der Waals surface area contributed by atoms with Crippen LogP contribution in [0.4, 0.5) is 5.69 Å². The van der Waals surface area contributed by atoms with Gasteiger partial charge in [0.15, 0.2) is 0 Å². The lowest BCUT2D eigenvalue weighted by Gasteiger charge is -2.10. The molecule has 0 aliphatic carbocycles. The second-order valence-corrected chi connectivity index (χ2v) is 6.93. The third-order valence-corrected chi connectivity index (χ3v) is 4.56. The molecule has 0 N–H and O–H groups in total. The first-order chi connectivity index (χ1) is 13.0. The van der Waals surface area contributed by atoms with Crippen LogP contribution in [0.2, 0.25) is 10.0 Å². The Morgan fingerprint density at radius 1 is 1.00 bits per heavy atom. The highest BCUT2D eigenvalue weighted by molar-refractivity contribution is 6.35. The minimum Gasteiger partial charge on any atom is -0.457 e. The maximum atomic E-state index is 12.8. The van der Waals surface area contributed by atoms with E-state index in [0.717, 1.165) is 11.3 Å². The molecule has 1 aliphatic heterocycles. The molecule has 0 unspecified atom stereocenters. The van der Waals surface area contributed by atoms with Gasteiger partial charge in [0, 0.05) is 15.6 Å². The normalized spacial score (nSPS) is 15.5. The van der Waals surface area contributed by atoms with Crippen LogP contribution >= 0.6 is 23.2 Å². The molecular formula is C21H14Cl2N2O2. The zero-order chi connectivity index (χ0) is 19.0. The molecule has 2 heterocycles. The van der Waals surface area contributed by atoms with Crippen LogP contribution in [0.3, 0.4) is 0 Å². The fourth-order valence-corrected chi connectivity index (χ4v) is 3.38. The summed E-state index contributed by atoms with van der Waals surface area (Å²) in [5, 5.41) is 6.81. The molecule has 2 aromatic carbocycles. The number of nitrogens with zero attached hydrogens (tertiary/aromatic N) is 2. The van der Waals surface area contributed by atoms with Crippen LogP contribution in [0.5, 0.6) is 0 Å². The number of rotatable bonds is 3. The number of hydrogen-bond donors (Lipinski definition) is 0. The Morgan fingerprint density at radius 3 is 2.41 bits per heavy atom. The topological polar surface area (TPSA) is 45.8 Å². The number of carbonyl (C=O) groups excluding carboxylic acids is 1. The molecule has 1 aliphatic rings. The van der Waals surface area contributed by atoms with Gasteiger partial charge in [-0.3, -0.25) is 4.79 Å². The Hall–Kier alpha value is -2.82. The largest absolute Gasteiger partial charge is 0.457 e. The number of furan rings is 1. The summed E-state index contributed by atoms with van der Waals surface area (Å²) in [6.45, 7) is 1.80. The summed E-state index contributed by atoms with van der Waals surface area (Å²) >= 11 is 12.1. The van der Waals surface area contributed by atoms with E-state index in [4.69, 9.17) is 27.6 Å². The zero-order valence-corrected chi connectivity index (χ0v) is 15.8. The predicted molar refractivity (Wildman–Crippen MR) is 109 cm³/mol. The maximum Gasteiger partial charge on any atom is 0.280 e. The maximum absolute atomic E-state index is 12.8. The molecule has 0 bridgehead atoms. The minimum absolute atomic E-state index is 0.192. The summed E-state index contributed by atoms with van der Waals surface area (Å²) in [5.41, 5.74) is 2.61. The van der Waals surface area contributed by atoms with E-state index in [1.165, 1.54) is 5.01 Å². The molecule has 0 atom stereocenters. The Labute approximate surface area is 166 Å². The number of carbonyl (C=O) groups is 1. The highest BCUT2D eigenvalue weighted by atomic mass is 35.5. The standard InChI is InChI=1S/C21H14Cl2N2O2/c1-13-19(21(26)25(24-13)17-5-3-2-4-6-17)12-18-7-8-20(27-18)14-9-15(22)11-16(23)10-14/h2-12H,1H3/b19-12-. The third-order valence-electron chi connectivity index (χ3n) is 4.12. The van der Waals surface area contributed by atoms with Crippen molar-refractivity contribution >= 4 is 46.6 Å². The lowest BCUT2D eigenvalue weighted by Crippen LogP contribution is -2.21. The number of hydrogen-bond acceptors (Lipinski definition) is 3. The number of anilines is 1. The molecule has 1 aromatic heterocycles. The summed E-state index contributed by atoms with van der Waals surface area (Å²) in [4.78, 5) is 12.8. The van der Waals surface area contributed by atoms with E-state index in [1.54, 1.807) is 37.3 Å². The van der Waals surface area contributed by atoms with Gasteiger partial charge in [0.25, 0.3) is 5.91 Å². The van der Waals surface area contributed by atoms with Gasteiger partial charge in [-0.1, -0.05) is 41.4 Å². The van der Waals surface area contributed by atoms with Crippen LogP contribution in [0, 0.1) is 0 Å². The lowest BCUT2D eigenvalue weighted by atomic mass is 10.1. The van der Waals surface area contributed by atoms with Crippen LogP contribution in [-0.4, -0.2) is 11.6 Å². The van der Waals surface area contributed by atoms with Gasteiger partial charge in [-0.2, -0.15) is 10.1 Å². The first-order valence-corrected chi connectivity index (χ1v) is 9.00. The molecule has 134 valence electrons. The average Bonchev–Trinajstić information content (AvgIpc) is 3.22. The predicted octanol–water partition coefficient (Wildman–Crippen LogP) is 6.06. The summed E-state index contributed by atoms with van der Waals surface area (Å²) in [6.07, 6.45) is 1.69. The number of hydrazone groups is 1. The highest BCUT2D eigenvalue weighted by Gasteiger charge is 2.28. The summed E-state index contributed by atoms with van der Waals surface area (Å²) in [6, 6.07) is 18.1. The van der Waals surface area contributed by atoms with Crippen molar-refractivity contribution in [1.82, 2.24) is 0 Å². The molecule has 0 spiro atoms. The Bertz CT molecular complexity index is 1060. The second-order valence-electron chi connectivity index (χ2n) is 6.06. The van der Waals surface area contributed by atoms with Crippen molar-refractivity contribution in [3.8, 4) is 11.3 Å². The first-order valence-electron chi connectivity index (χ1n) is 8.24. The fourth-order valence-electron chi connectivity index (χ4n) is 2.85. The average molecular weight is 397 g/mol. The summed E-state index contributed by atoms with van der Waals surface area (Å²) in [7, 11) is 0. The Kier molecular flexibility index (Phi) is 4.60. The van der Waals surface area contributed by atoms with Crippen LogP contribution < -0.4 is 5.01 Å². The third kappa shape index (κ3) is 3.54. The molecule has 0 saturated carbocycles. The van der Waals surface area contributed by atoms with Gasteiger partial charge in [0.1, 0.15) is 11.5 Å². The molecule has 4 rings (SSSR count). The van der Waals surface area contributed by atoms with Crippen molar-refractivity contribution in [3.05, 3.63) is 82.0 Å². The molecule has 0 fully saturated rings. The van der Waals surface area contributed by atoms with E-state index in [-0.39, 0.29) is 5.91 Å². The van der Waals surface area contributed by atoms with Gasteiger partial charge < -0.3 is 4.42 Å². The zero-order valence-electron chi connectivity index (χ0n) is 14.3. The molecular weight excluding hydrogens is 383 g/mol. The van der Waals surface area contributed by atoms with Gasteiger partial charge in [-0.25, -0.2) is 0 Å². The Morgan fingerprint density at radius 2 is 1.70 bits per heavy atom. The second kappa shape index (κ2) is 7.06. The van der Waals surface area contributed by atoms with E-state index in [9.17, 15) is 4.79 Å². The lowest BCUT2D eigenvalue weighted by molar-refractivity contribution is -0.114. The molecule has 0 radical (unpaired) electrons. The number of para-hydroxylation sites is 1. The molecule has 1 amide bonds. The van der Waals surface area contributed by atoms with E-state index < -0.39 is 0 Å². The van der Waals surface area contributed by atoms with Crippen LogP contribution in [0.1, 0.15) is 12.7 Å². The van der Waals surface area contributed by atoms with Gasteiger partial charge in [-0.15, -0.1) is 0 Å². The quantitative estimate of drug-likeness (QED) is 0.505. The van der Waals surface area contributed by atoms with Gasteiger partial charge in [0.2, 0.25) is 0 Å². The summed E-state index contributed by atoms with van der Waals surface area (Å²) < 4.78 is 5.86. The molecule has 6 heteroatoms. The van der Waals surface area contributed by atoms with Gasteiger partial charge in [-0.05, 0) is 55.5 Å². The fraction of sp³-hybridized carbons (Fsp3) is 0.0476. The van der Waals surface area contributed by atoms with E-state index in [2.05, 4.69) is 5.10 Å². The van der Waals surface area contributed by atoms with Crippen LogP contribution in [0.15, 0.2) is 75.8 Å². The molecule has 0 saturated heterocycles. The first kappa shape index (κ1) is 17.6. The smallest absolute Gasteiger partial charge is 0.280 e. The molecule has 3 aromatic rings. The van der Waals surface area contributed by atoms with Crippen LogP contribution in [-0.2, 0) is 4.79 Å². The van der Waals surface area contributed by atoms with Gasteiger partial charge in [0.05, 0.1) is 17.0 Å². The number of benzene rings is 2. The van der Waals surface area contributed by atoms with E-state index in [1.807, 2.05) is 36.4 Å².